The van der Waals surface area contributed by atoms with Gasteiger partial charge in [0.05, 0.1) is 0 Å². The lowest BCUT2D eigenvalue weighted by Gasteiger charge is -2.57. The van der Waals surface area contributed by atoms with E-state index in [0.717, 1.165) is 0 Å². The van der Waals surface area contributed by atoms with Gasteiger partial charge in [0.25, 0.3) is 0 Å². The van der Waals surface area contributed by atoms with Crippen LogP contribution in [0.25, 0.3) is 0 Å². The predicted octanol–water partition coefficient (Wildman–Crippen LogP) is 2.28. The number of esters is 1. The van der Waals surface area contributed by atoms with E-state index in [9.17, 15) is 24.3 Å². The van der Waals surface area contributed by atoms with E-state index in [1.807, 2.05) is 0 Å². The summed E-state index contributed by atoms with van der Waals surface area (Å²) in [5, 5.41) is 11.4. The monoisotopic (exact) mass is 418 g/mol. The number of aliphatic hydroxyl groups is 1. The van der Waals surface area contributed by atoms with E-state index < -0.39 is 46.9 Å². The maximum atomic E-state index is 15.2. The number of carbonyl (C=O) groups is 4. The molecule has 0 amide bonds. The zero-order valence-corrected chi connectivity index (χ0v) is 17.4. The second kappa shape index (κ2) is 6.67. The molecule has 30 heavy (non-hydrogen) atoms. The van der Waals surface area contributed by atoms with Crippen molar-refractivity contribution in [3.63, 3.8) is 0 Å². The van der Waals surface area contributed by atoms with Gasteiger partial charge in [-0.15, -0.1) is 0 Å². The van der Waals surface area contributed by atoms with Crippen molar-refractivity contribution < 1.29 is 33.4 Å². The zero-order chi connectivity index (χ0) is 22.1. The lowest BCUT2D eigenvalue weighted by Crippen LogP contribution is -2.61. The molecule has 4 aliphatic carbocycles. The second-order valence-electron chi connectivity index (χ2n) is 9.73. The van der Waals surface area contributed by atoms with Crippen LogP contribution in [0.4, 0.5) is 4.39 Å². The van der Waals surface area contributed by atoms with E-state index in [1.165, 1.54) is 19.1 Å². The van der Waals surface area contributed by atoms with Crippen molar-refractivity contribution >= 4 is 23.3 Å². The standard InChI is InChI=1S/C23H27FO6/c1-12(25)30-11-19(28)23(29)7-5-15-14-9-17(24)16-8-13(26)4-6-21(16,2)20(14)18(27)10-22(15,23)3/h4,6,8,14-15,17,20,29H,5,7,9-11H2,1-3H3/t14?,15?,17-,20?,21?,22?,23-/m0/s1. The topological polar surface area (TPSA) is 97.7 Å². The minimum atomic E-state index is -1.80. The fourth-order valence-corrected chi connectivity index (χ4v) is 6.79. The molecule has 7 heteroatoms. The van der Waals surface area contributed by atoms with E-state index in [1.54, 1.807) is 19.9 Å². The largest absolute Gasteiger partial charge is 0.458 e. The zero-order valence-electron chi connectivity index (χ0n) is 17.4. The quantitative estimate of drug-likeness (QED) is 0.707. The molecule has 162 valence electrons. The fourth-order valence-electron chi connectivity index (χ4n) is 6.79. The highest BCUT2D eigenvalue weighted by Crippen LogP contribution is 2.66. The summed E-state index contributed by atoms with van der Waals surface area (Å²) in [6, 6.07) is 0. The predicted molar refractivity (Wildman–Crippen MR) is 104 cm³/mol. The summed E-state index contributed by atoms with van der Waals surface area (Å²) >= 11 is 0. The Labute approximate surface area is 174 Å². The van der Waals surface area contributed by atoms with E-state index in [0.29, 0.717) is 12.0 Å². The molecule has 3 saturated carbocycles. The summed E-state index contributed by atoms with van der Waals surface area (Å²) in [7, 11) is 0. The van der Waals surface area contributed by atoms with Crippen LogP contribution in [-0.4, -0.2) is 46.8 Å². The third-order valence-electron chi connectivity index (χ3n) is 8.26. The van der Waals surface area contributed by atoms with Gasteiger partial charge in [0.2, 0.25) is 5.78 Å². The first-order chi connectivity index (χ1) is 13.9. The van der Waals surface area contributed by atoms with E-state index in [4.69, 9.17) is 4.74 Å². The van der Waals surface area contributed by atoms with Gasteiger partial charge in [-0.05, 0) is 48.8 Å². The first kappa shape index (κ1) is 21.1. The third kappa shape index (κ3) is 2.70. The molecule has 0 saturated heterocycles. The molecular formula is C23H27FO6. The van der Waals surface area contributed by atoms with Gasteiger partial charge in [-0.1, -0.05) is 19.9 Å². The van der Waals surface area contributed by atoms with Gasteiger partial charge in [0.15, 0.2) is 12.4 Å². The molecule has 0 aliphatic heterocycles. The summed E-state index contributed by atoms with van der Waals surface area (Å²) in [6.07, 6.45) is 3.72. The number of alkyl halides is 1. The molecule has 0 bridgehead atoms. The highest BCUT2D eigenvalue weighted by Gasteiger charge is 2.69. The Hall–Kier alpha value is -2.15. The molecule has 6 nitrogen and oxygen atoms in total. The van der Waals surface area contributed by atoms with Gasteiger partial charge in [0, 0.05) is 30.1 Å². The summed E-state index contributed by atoms with van der Waals surface area (Å²) in [4.78, 5) is 49.2. The number of ketones is 3. The van der Waals surface area contributed by atoms with Crippen molar-refractivity contribution in [2.24, 2.45) is 28.6 Å². The number of fused-ring (bicyclic) bond motifs is 5. The number of hydrogen-bond acceptors (Lipinski definition) is 6. The SMILES string of the molecule is CC(=O)OCC(=O)[C@@]1(O)CCC2C3C[C@H](F)C4=CC(=O)C=CC4(C)C3C(=O)CC21C. The molecule has 4 rings (SSSR count). The first-order valence-electron chi connectivity index (χ1n) is 10.4. The van der Waals surface area contributed by atoms with Gasteiger partial charge in [-0.25, -0.2) is 4.39 Å². The van der Waals surface area contributed by atoms with Gasteiger partial charge < -0.3 is 9.84 Å². The highest BCUT2D eigenvalue weighted by molar-refractivity contribution is 6.02. The summed E-state index contributed by atoms with van der Waals surface area (Å²) < 4.78 is 20.0. The van der Waals surface area contributed by atoms with Crippen molar-refractivity contribution in [1.29, 1.82) is 0 Å². The Kier molecular flexibility index (Phi) is 4.69. The van der Waals surface area contributed by atoms with E-state index in [2.05, 4.69) is 0 Å². The van der Waals surface area contributed by atoms with Crippen LogP contribution in [0.1, 0.15) is 46.5 Å². The van der Waals surface area contributed by atoms with Crippen molar-refractivity contribution in [2.75, 3.05) is 6.61 Å². The van der Waals surface area contributed by atoms with Crippen LogP contribution < -0.4 is 0 Å². The number of hydrogen-bond donors (Lipinski definition) is 1. The van der Waals surface area contributed by atoms with Crippen LogP contribution >= 0.6 is 0 Å². The molecule has 7 atom stereocenters. The van der Waals surface area contributed by atoms with Crippen molar-refractivity contribution in [1.82, 2.24) is 0 Å². The molecule has 1 N–H and O–H groups in total. The van der Waals surface area contributed by atoms with E-state index in [-0.39, 0.29) is 42.7 Å². The Morgan fingerprint density at radius 2 is 2.00 bits per heavy atom. The summed E-state index contributed by atoms with van der Waals surface area (Å²) in [6.45, 7) is 4.17. The molecule has 0 aromatic carbocycles. The fraction of sp³-hybridized carbons (Fsp3) is 0.652. The number of rotatable bonds is 3. The van der Waals surface area contributed by atoms with Crippen LogP contribution in [0.2, 0.25) is 0 Å². The Morgan fingerprint density at radius 1 is 1.30 bits per heavy atom. The van der Waals surface area contributed by atoms with Crippen molar-refractivity contribution in [2.45, 2.75) is 58.2 Å². The van der Waals surface area contributed by atoms with Crippen LogP contribution in [0, 0.1) is 28.6 Å². The average Bonchev–Trinajstić information content (AvgIpc) is 2.93. The minimum absolute atomic E-state index is 0.0112. The molecule has 0 aromatic heterocycles. The molecule has 5 unspecified atom stereocenters. The Bertz CT molecular complexity index is 905. The maximum absolute atomic E-state index is 15.2. The van der Waals surface area contributed by atoms with Crippen LogP contribution in [0.5, 0.6) is 0 Å². The number of ether oxygens (including phenoxy) is 1. The molecule has 0 heterocycles. The normalized spacial score (nSPS) is 44.6. The molecule has 0 spiro atoms. The Morgan fingerprint density at radius 3 is 2.67 bits per heavy atom. The highest BCUT2D eigenvalue weighted by atomic mass is 19.1. The van der Waals surface area contributed by atoms with Gasteiger partial charge >= 0.3 is 5.97 Å². The van der Waals surface area contributed by atoms with E-state index >= 15 is 4.39 Å². The van der Waals surface area contributed by atoms with Gasteiger partial charge in [-0.2, -0.15) is 0 Å². The van der Waals surface area contributed by atoms with Crippen molar-refractivity contribution in [3.8, 4) is 0 Å². The molecular weight excluding hydrogens is 391 g/mol. The number of allylic oxidation sites excluding steroid dienone is 4. The maximum Gasteiger partial charge on any atom is 0.303 e. The molecule has 3 fully saturated rings. The second-order valence-corrected chi connectivity index (χ2v) is 9.73. The minimum Gasteiger partial charge on any atom is -0.458 e. The molecule has 4 aliphatic rings. The van der Waals surface area contributed by atoms with Crippen LogP contribution in [-0.2, 0) is 23.9 Å². The smallest absolute Gasteiger partial charge is 0.303 e. The molecule has 0 radical (unpaired) electrons. The van der Waals surface area contributed by atoms with Crippen molar-refractivity contribution in [3.05, 3.63) is 23.8 Å². The first-order valence-corrected chi connectivity index (χ1v) is 10.4. The van der Waals surface area contributed by atoms with Crippen LogP contribution in [0.15, 0.2) is 23.8 Å². The van der Waals surface area contributed by atoms with Gasteiger partial charge in [0.1, 0.15) is 17.6 Å². The van der Waals surface area contributed by atoms with Crippen LogP contribution in [0.3, 0.4) is 0 Å². The summed E-state index contributed by atoms with van der Waals surface area (Å²) in [5.74, 6) is -2.71. The average molecular weight is 418 g/mol. The lowest BCUT2D eigenvalue weighted by atomic mass is 9.46. The Balaban J connectivity index is 1.71. The lowest BCUT2D eigenvalue weighted by molar-refractivity contribution is -0.173. The number of halogens is 1. The number of Topliss-reactive ketones (excluding diaryl/α,β-unsaturated/α-hetero) is 2. The van der Waals surface area contributed by atoms with Gasteiger partial charge in [-0.3, -0.25) is 19.2 Å². The molecule has 0 aromatic rings. The number of carbonyl (C=O) groups excluding carboxylic acids is 4. The summed E-state index contributed by atoms with van der Waals surface area (Å²) in [5.41, 5.74) is -3.37. The third-order valence-corrected chi connectivity index (χ3v) is 8.26.